The minimum Gasteiger partial charge on any atom is -0.458 e. The zero-order chi connectivity index (χ0) is 13.1. The average Bonchev–Trinajstić information content (AvgIpc) is 2.18. The monoisotopic (exact) mass is 252 g/mol. The number of halogens is 3. The molecule has 0 amide bonds. The summed E-state index contributed by atoms with van der Waals surface area (Å²) in [7, 11) is 0. The highest BCUT2D eigenvalue weighted by Gasteiger charge is 2.42. The molecule has 0 bridgehead atoms. The van der Waals surface area contributed by atoms with Crippen LogP contribution in [0.3, 0.4) is 0 Å². The fourth-order valence-electron chi connectivity index (χ4n) is 1.38. The van der Waals surface area contributed by atoms with Gasteiger partial charge in [-0.3, -0.25) is 4.79 Å². The molecule has 1 rings (SSSR count). The molecule has 96 valence electrons. The van der Waals surface area contributed by atoms with E-state index in [2.05, 4.69) is 4.74 Å². The molecule has 0 N–H and O–H groups in total. The average molecular weight is 252 g/mol. The first kappa shape index (κ1) is 13.5. The summed E-state index contributed by atoms with van der Waals surface area (Å²) in [6.45, 7) is 1.24. The van der Waals surface area contributed by atoms with Crippen molar-refractivity contribution < 1.29 is 32.2 Å². The molecular formula is C10H11F3O4. The first-order valence-electron chi connectivity index (χ1n) is 4.92. The molecule has 7 heteroatoms. The van der Waals surface area contributed by atoms with Crippen LogP contribution in [0.1, 0.15) is 19.8 Å². The maximum Gasteiger partial charge on any atom is 0.490 e. The molecule has 0 aliphatic heterocycles. The molecule has 0 fully saturated rings. The first-order chi connectivity index (χ1) is 7.79. The minimum atomic E-state index is -4.99. The molecule has 0 saturated heterocycles. The largest absolute Gasteiger partial charge is 0.490 e. The van der Waals surface area contributed by atoms with Crippen LogP contribution in [0.15, 0.2) is 12.2 Å². The first-order valence-corrected chi connectivity index (χ1v) is 4.92. The zero-order valence-corrected chi connectivity index (χ0v) is 8.99. The maximum atomic E-state index is 11.9. The summed E-state index contributed by atoms with van der Waals surface area (Å²) in [4.78, 5) is 21.1. The van der Waals surface area contributed by atoms with E-state index in [1.54, 1.807) is 0 Å². The lowest BCUT2D eigenvalue weighted by atomic mass is 10.0. The molecule has 17 heavy (non-hydrogen) atoms. The van der Waals surface area contributed by atoms with Gasteiger partial charge in [0, 0.05) is 6.92 Å². The van der Waals surface area contributed by atoms with Crippen molar-refractivity contribution in [3.63, 3.8) is 0 Å². The van der Waals surface area contributed by atoms with Gasteiger partial charge in [-0.15, -0.1) is 0 Å². The molecule has 0 aromatic heterocycles. The standard InChI is InChI=1S/C10H11F3O4/c1-6(14)16-7-2-4-8(5-3-7)17-9(15)10(11,12)13/h2,4,7-8H,3,5H2,1H3/t7-,8+/m0/s1. The molecule has 0 radical (unpaired) electrons. The molecular weight excluding hydrogens is 241 g/mol. The van der Waals surface area contributed by atoms with Crippen molar-refractivity contribution in [2.45, 2.75) is 38.1 Å². The van der Waals surface area contributed by atoms with Crippen molar-refractivity contribution in [2.24, 2.45) is 0 Å². The van der Waals surface area contributed by atoms with Crippen LogP contribution in [0.5, 0.6) is 0 Å². The third kappa shape index (κ3) is 4.46. The number of alkyl halides is 3. The summed E-state index contributed by atoms with van der Waals surface area (Å²) in [5, 5.41) is 0. The van der Waals surface area contributed by atoms with Gasteiger partial charge in [0.2, 0.25) is 0 Å². The minimum absolute atomic E-state index is 0.191. The van der Waals surface area contributed by atoms with Crippen molar-refractivity contribution in [2.75, 3.05) is 0 Å². The zero-order valence-electron chi connectivity index (χ0n) is 8.99. The van der Waals surface area contributed by atoms with Crippen molar-refractivity contribution >= 4 is 11.9 Å². The highest BCUT2D eigenvalue weighted by atomic mass is 19.4. The van der Waals surface area contributed by atoms with Gasteiger partial charge >= 0.3 is 18.1 Å². The van der Waals surface area contributed by atoms with Gasteiger partial charge in [-0.1, -0.05) is 0 Å². The van der Waals surface area contributed by atoms with Crippen LogP contribution in [0.2, 0.25) is 0 Å². The number of hydrogen-bond acceptors (Lipinski definition) is 4. The number of hydrogen-bond donors (Lipinski definition) is 0. The molecule has 4 nitrogen and oxygen atoms in total. The molecule has 1 aliphatic carbocycles. The Hall–Kier alpha value is -1.53. The van der Waals surface area contributed by atoms with E-state index in [4.69, 9.17) is 4.74 Å². The highest BCUT2D eigenvalue weighted by molar-refractivity contribution is 5.75. The molecule has 0 aromatic carbocycles. The summed E-state index contributed by atoms with van der Waals surface area (Å²) < 4.78 is 44.7. The fourth-order valence-corrected chi connectivity index (χ4v) is 1.38. The van der Waals surface area contributed by atoms with Crippen LogP contribution >= 0.6 is 0 Å². The Morgan fingerprint density at radius 2 is 1.59 bits per heavy atom. The number of carbonyl (C=O) groups is 2. The smallest absolute Gasteiger partial charge is 0.458 e. The second kappa shape index (κ2) is 5.20. The third-order valence-corrected chi connectivity index (χ3v) is 2.08. The normalized spacial score (nSPS) is 24.2. The SMILES string of the molecule is CC(=O)O[C@H]1C=C[C@@H](OC(=O)C(F)(F)F)CC1. The quantitative estimate of drug-likeness (QED) is 0.555. The van der Waals surface area contributed by atoms with E-state index < -0.39 is 30.3 Å². The van der Waals surface area contributed by atoms with Gasteiger partial charge in [-0.05, 0) is 25.0 Å². The number of esters is 2. The van der Waals surface area contributed by atoms with E-state index in [0.717, 1.165) is 0 Å². The Kier molecular flexibility index (Phi) is 4.14. The van der Waals surface area contributed by atoms with Gasteiger partial charge in [0.05, 0.1) is 0 Å². The van der Waals surface area contributed by atoms with Gasteiger partial charge in [0.15, 0.2) is 0 Å². The Morgan fingerprint density at radius 3 is 1.94 bits per heavy atom. The van der Waals surface area contributed by atoms with Crippen LogP contribution in [-0.2, 0) is 19.1 Å². The second-order valence-corrected chi connectivity index (χ2v) is 3.55. The van der Waals surface area contributed by atoms with Crippen LogP contribution in [0.25, 0.3) is 0 Å². The van der Waals surface area contributed by atoms with Crippen molar-refractivity contribution in [3.05, 3.63) is 12.2 Å². The molecule has 0 heterocycles. The number of rotatable bonds is 2. The van der Waals surface area contributed by atoms with E-state index in [0.29, 0.717) is 6.42 Å². The van der Waals surface area contributed by atoms with Crippen LogP contribution in [0, 0.1) is 0 Å². The van der Waals surface area contributed by atoms with Crippen LogP contribution in [0.4, 0.5) is 13.2 Å². The lowest BCUT2D eigenvalue weighted by Gasteiger charge is -2.22. The predicted molar refractivity (Wildman–Crippen MR) is 49.9 cm³/mol. The number of carbonyl (C=O) groups excluding carboxylic acids is 2. The van der Waals surface area contributed by atoms with Gasteiger partial charge in [-0.2, -0.15) is 13.2 Å². The molecule has 0 unspecified atom stereocenters. The Bertz CT molecular complexity index is 335. The second-order valence-electron chi connectivity index (χ2n) is 3.55. The summed E-state index contributed by atoms with van der Waals surface area (Å²) >= 11 is 0. The molecule has 1 aliphatic rings. The number of ether oxygens (including phenoxy) is 2. The lowest BCUT2D eigenvalue weighted by molar-refractivity contribution is -0.203. The molecule has 0 saturated carbocycles. The Morgan fingerprint density at radius 1 is 1.12 bits per heavy atom. The highest BCUT2D eigenvalue weighted by Crippen LogP contribution is 2.22. The van der Waals surface area contributed by atoms with E-state index in [1.807, 2.05) is 0 Å². The van der Waals surface area contributed by atoms with Gasteiger partial charge in [0.1, 0.15) is 12.2 Å². The summed E-state index contributed by atoms with van der Waals surface area (Å²) in [5.74, 6) is -2.68. The van der Waals surface area contributed by atoms with E-state index >= 15 is 0 Å². The van der Waals surface area contributed by atoms with Crippen LogP contribution in [-0.4, -0.2) is 30.3 Å². The van der Waals surface area contributed by atoms with Gasteiger partial charge in [0.25, 0.3) is 0 Å². The summed E-state index contributed by atoms with van der Waals surface area (Å²) in [6, 6.07) is 0. The van der Waals surface area contributed by atoms with E-state index in [-0.39, 0.29) is 6.42 Å². The predicted octanol–water partition coefficient (Wildman–Crippen LogP) is 1.74. The fraction of sp³-hybridized carbons (Fsp3) is 0.600. The molecule has 2 atom stereocenters. The topological polar surface area (TPSA) is 52.6 Å². The van der Waals surface area contributed by atoms with Crippen molar-refractivity contribution in [1.29, 1.82) is 0 Å². The van der Waals surface area contributed by atoms with Gasteiger partial charge in [-0.25, -0.2) is 4.79 Å². The Balaban J connectivity index is 2.45. The summed E-state index contributed by atoms with van der Waals surface area (Å²) in [6.07, 6.45) is -3.15. The van der Waals surface area contributed by atoms with Crippen molar-refractivity contribution in [3.8, 4) is 0 Å². The van der Waals surface area contributed by atoms with Gasteiger partial charge < -0.3 is 9.47 Å². The van der Waals surface area contributed by atoms with E-state index in [1.165, 1.54) is 19.1 Å². The third-order valence-electron chi connectivity index (χ3n) is 2.08. The maximum absolute atomic E-state index is 11.9. The van der Waals surface area contributed by atoms with Crippen LogP contribution < -0.4 is 0 Å². The molecule has 0 spiro atoms. The molecule has 0 aromatic rings. The van der Waals surface area contributed by atoms with E-state index in [9.17, 15) is 22.8 Å². The van der Waals surface area contributed by atoms with Crippen molar-refractivity contribution in [1.82, 2.24) is 0 Å². The Labute approximate surface area is 95.4 Å². The summed E-state index contributed by atoms with van der Waals surface area (Å²) in [5.41, 5.74) is 0. The lowest BCUT2D eigenvalue weighted by Crippen LogP contribution is -2.31.